The average molecular weight is 367 g/mol. The molecule has 0 radical (unpaired) electrons. The zero-order valence-electron chi connectivity index (χ0n) is 16.2. The van der Waals surface area contributed by atoms with Crippen LogP contribution in [0, 0.1) is 13.8 Å². The Morgan fingerprint density at radius 3 is 2.70 bits per heavy atom. The number of aryl methyl sites for hydroxylation is 2. The number of benzene rings is 1. The van der Waals surface area contributed by atoms with Crippen molar-refractivity contribution in [3.63, 3.8) is 0 Å². The first-order chi connectivity index (χ1) is 12.9. The Kier molecular flexibility index (Phi) is 4.17. The van der Waals surface area contributed by atoms with Crippen molar-refractivity contribution in [3.8, 4) is 0 Å². The number of carbonyl (C=O) groups is 2. The number of nitrogens with zero attached hydrogens (tertiary/aromatic N) is 5. The van der Waals surface area contributed by atoms with Gasteiger partial charge >= 0.3 is 6.03 Å². The van der Waals surface area contributed by atoms with Crippen molar-refractivity contribution in [2.45, 2.75) is 33.0 Å². The van der Waals surface area contributed by atoms with Crippen molar-refractivity contribution in [3.05, 3.63) is 41.5 Å². The minimum absolute atomic E-state index is 0.164. The quantitative estimate of drug-likeness (QED) is 0.767. The molecule has 27 heavy (non-hydrogen) atoms. The first-order valence-electron chi connectivity index (χ1n) is 9.32. The minimum Gasteiger partial charge on any atom is -0.325 e. The van der Waals surface area contributed by atoms with Crippen LogP contribution in [-0.4, -0.2) is 71.5 Å². The summed E-state index contributed by atoms with van der Waals surface area (Å²) < 4.78 is 0. The fraction of sp³-hybridized carbons (Fsp3) is 0.450. The van der Waals surface area contributed by atoms with Crippen LogP contribution in [0.4, 0.5) is 10.5 Å². The molecule has 142 valence electrons. The zero-order valence-corrected chi connectivity index (χ0v) is 16.2. The molecule has 0 aliphatic carbocycles. The normalized spacial score (nSPS) is 24.8. The second-order valence-electron chi connectivity index (χ2n) is 7.33. The predicted octanol–water partition coefficient (Wildman–Crippen LogP) is 1.96. The molecule has 2 fully saturated rings. The van der Waals surface area contributed by atoms with Crippen molar-refractivity contribution in [1.82, 2.24) is 14.7 Å². The first kappa shape index (κ1) is 17.6. The van der Waals surface area contributed by atoms with E-state index in [1.165, 1.54) is 16.0 Å². The zero-order chi connectivity index (χ0) is 19.3. The number of hydrogen-bond acceptors (Lipinski definition) is 5. The van der Waals surface area contributed by atoms with Crippen molar-refractivity contribution in [1.29, 1.82) is 0 Å². The van der Waals surface area contributed by atoms with Gasteiger partial charge in [-0.1, -0.05) is 29.8 Å². The minimum atomic E-state index is -0.463. The van der Waals surface area contributed by atoms with Gasteiger partial charge in [0, 0.05) is 32.4 Å². The highest BCUT2D eigenvalue weighted by Gasteiger charge is 2.54. The third-order valence-corrected chi connectivity index (χ3v) is 5.54. The number of urea groups is 1. The number of carbonyl (C=O) groups excluding carboxylic acids is 2. The largest absolute Gasteiger partial charge is 0.328 e. The van der Waals surface area contributed by atoms with Crippen LogP contribution in [0.25, 0.3) is 0 Å². The standard InChI is InChI=1S/C20H25N5O2/c1-5-6-9-25-18(26)16-17(22(4)20(25)27)21-19-23(10-11-24(16)19)15-8-7-13(2)12-14(15)3/h5-8,12,16-17H,9-11H2,1-4H3/b6-5+. The molecule has 3 amide bonds. The van der Waals surface area contributed by atoms with E-state index in [4.69, 9.17) is 4.99 Å². The lowest BCUT2D eigenvalue weighted by molar-refractivity contribution is -0.136. The maximum Gasteiger partial charge on any atom is 0.328 e. The van der Waals surface area contributed by atoms with Crippen LogP contribution < -0.4 is 4.90 Å². The van der Waals surface area contributed by atoms with Crippen molar-refractivity contribution >= 4 is 23.6 Å². The van der Waals surface area contributed by atoms with Gasteiger partial charge in [0.05, 0.1) is 0 Å². The average Bonchev–Trinajstić information content (AvgIpc) is 3.19. The number of allylic oxidation sites excluding steroid dienone is 1. The molecule has 1 aromatic carbocycles. The van der Waals surface area contributed by atoms with E-state index in [0.717, 1.165) is 24.7 Å². The second-order valence-corrected chi connectivity index (χ2v) is 7.33. The van der Waals surface area contributed by atoms with Gasteiger partial charge in [-0.15, -0.1) is 0 Å². The smallest absolute Gasteiger partial charge is 0.325 e. The number of amides is 3. The number of anilines is 1. The van der Waals surface area contributed by atoms with Crippen LogP contribution in [0.1, 0.15) is 18.1 Å². The van der Waals surface area contributed by atoms with E-state index in [1.54, 1.807) is 11.9 Å². The summed E-state index contributed by atoms with van der Waals surface area (Å²) in [6.07, 6.45) is 3.21. The fourth-order valence-electron chi connectivity index (χ4n) is 4.15. The fourth-order valence-corrected chi connectivity index (χ4v) is 4.15. The molecule has 2 unspecified atom stereocenters. The van der Waals surface area contributed by atoms with E-state index in [0.29, 0.717) is 6.54 Å². The third-order valence-electron chi connectivity index (χ3n) is 5.54. The van der Waals surface area contributed by atoms with E-state index in [2.05, 4.69) is 41.8 Å². The Morgan fingerprint density at radius 1 is 1.22 bits per heavy atom. The Morgan fingerprint density at radius 2 is 2.00 bits per heavy atom. The third kappa shape index (κ3) is 2.60. The molecule has 0 bridgehead atoms. The number of likely N-dealkylation sites (N-methyl/N-ethyl adjacent to an activating group) is 1. The highest BCUT2D eigenvalue weighted by atomic mass is 16.2. The molecule has 4 rings (SSSR count). The summed E-state index contributed by atoms with van der Waals surface area (Å²) >= 11 is 0. The van der Waals surface area contributed by atoms with Crippen molar-refractivity contribution in [2.75, 3.05) is 31.6 Å². The molecular formula is C20H25N5O2. The van der Waals surface area contributed by atoms with Gasteiger partial charge in [0.2, 0.25) is 5.96 Å². The summed E-state index contributed by atoms with van der Waals surface area (Å²) in [5, 5.41) is 0. The first-order valence-corrected chi connectivity index (χ1v) is 9.32. The molecule has 3 heterocycles. The SMILES string of the molecule is C/C=C/CN1C(=O)C2C(N=C3N(c4ccc(C)cc4C)CCN32)N(C)C1=O. The van der Waals surface area contributed by atoms with Gasteiger partial charge in [-0.05, 0) is 32.4 Å². The van der Waals surface area contributed by atoms with Crippen LogP contribution in [0.5, 0.6) is 0 Å². The lowest BCUT2D eigenvalue weighted by Gasteiger charge is -2.40. The maximum atomic E-state index is 13.1. The molecule has 0 saturated carbocycles. The van der Waals surface area contributed by atoms with E-state index in [1.807, 2.05) is 19.1 Å². The van der Waals surface area contributed by atoms with Crippen LogP contribution in [0.15, 0.2) is 35.3 Å². The summed E-state index contributed by atoms with van der Waals surface area (Å²) in [6, 6.07) is 5.62. The van der Waals surface area contributed by atoms with Gasteiger partial charge in [0.15, 0.2) is 12.2 Å². The van der Waals surface area contributed by atoms with Crippen LogP contribution >= 0.6 is 0 Å². The molecule has 2 saturated heterocycles. The molecular weight excluding hydrogens is 342 g/mol. The summed E-state index contributed by atoms with van der Waals surface area (Å²) in [5.41, 5.74) is 3.50. The summed E-state index contributed by atoms with van der Waals surface area (Å²) in [7, 11) is 1.72. The summed E-state index contributed by atoms with van der Waals surface area (Å²) in [6.45, 7) is 7.85. The van der Waals surface area contributed by atoms with E-state index >= 15 is 0 Å². The lowest BCUT2D eigenvalue weighted by atomic mass is 10.1. The van der Waals surface area contributed by atoms with Gasteiger partial charge in [-0.25, -0.2) is 9.79 Å². The van der Waals surface area contributed by atoms with Gasteiger partial charge in [-0.2, -0.15) is 0 Å². The summed E-state index contributed by atoms with van der Waals surface area (Å²) in [5.74, 6) is 0.625. The van der Waals surface area contributed by atoms with Gasteiger partial charge in [0.25, 0.3) is 5.91 Å². The van der Waals surface area contributed by atoms with Crippen molar-refractivity contribution in [2.24, 2.45) is 4.99 Å². The predicted molar refractivity (Wildman–Crippen MR) is 105 cm³/mol. The van der Waals surface area contributed by atoms with Crippen LogP contribution in [0.2, 0.25) is 0 Å². The number of imide groups is 1. The van der Waals surface area contributed by atoms with E-state index < -0.39 is 12.2 Å². The molecule has 0 spiro atoms. The molecule has 2 atom stereocenters. The second kappa shape index (κ2) is 6.40. The number of hydrogen-bond donors (Lipinski definition) is 0. The molecule has 0 aromatic heterocycles. The highest BCUT2D eigenvalue weighted by Crippen LogP contribution is 2.34. The van der Waals surface area contributed by atoms with Gasteiger partial charge in [0.1, 0.15) is 0 Å². The number of guanidine groups is 1. The molecule has 7 nitrogen and oxygen atoms in total. The summed E-state index contributed by atoms with van der Waals surface area (Å²) in [4.78, 5) is 37.6. The highest BCUT2D eigenvalue weighted by molar-refractivity contribution is 6.08. The topological polar surface area (TPSA) is 59.5 Å². The van der Waals surface area contributed by atoms with Crippen LogP contribution in [0.3, 0.4) is 0 Å². The molecule has 3 aliphatic heterocycles. The Balaban J connectivity index is 1.67. The van der Waals surface area contributed by atoms with Gasteiger partial charge in [-0.3, -0.25) is 9.69 Å². The van der Waals surface area contributed by atoms with Crippen LogP contribution in [-0.2, 0) is 4.79 Å². The Hall–Kier alpha value is -2.83. The van der Waals surface area contributed by atoms with Gasteiger partial charge < -0.3 is 14.7 Å². The lowest BCUT2D eigenvalue weighted by Crippen LogP contribution is -2.64. The van der Waals surface area contributed by atoms with E-state index in [9.17, 15) is 9.59 Å². The monoisotopic (exact) mass is 367 g/mol. The Bertz CT molecular complexity index is 862. The maximum absolute atomic E-state index is 13.1. The number of rotatable bonds is 3. The molecule has 3 aliphatic rings. The molecule has 1 aromatic rings. The number of aliphatic imine (C=N–C) groups is 1. The molecule has 7 heteroatoms. The number of fused-ring (bicyclic) bond motifs is 3. The Labute approximate surface area is 159 Å². The van der Waals surface area contributed by atoms with Crippen molar-refractivity contribution < 1.29 is 9.59 Å². The molecule has 0 N–H and O–H groups in total. The van der Waals surface area contributed by atoms with E-state index in [-0.39, 0.29) is 11.9 Å².